The highest BCUT2D eigenvalue weighted by molar-refractivity contribution is 6.13. The summed E-state index contributed by atoms with van der Waals surface area (Å²) >= 11 is 0. The summed E-state index contributed by atoms with van der Waals surface area (Å²) in [6.07, 6.45) is 0.172. The molecule has 0 saturated heterocycles. The molecule has 0 spiro atoms. The molecule has 4 aromatic rings. The monoisotopic (exact) mass is 477 g/mol. The second-order valence-electron chi connectivity index (χ2n) is 8.32. The number of hydrogen-bond acceptors (Lipinski definition) is 4. The zero-order chi connectivity index (χ0) is 25.2. The molecule has 0 unspecified atom stereocenters. The Morgan fingerprint density at radius 1 is 0.694 bits per heavy atom. The maximum absolute atomic E-state index is 12.8. The molecule has 0 amide bonds. The van der Waals surface area contributed by atoms with E-state index in [1.165, 1.54) is 0 Å². The van der Waals surface area contributed by atoms with Gasteiger partial charge in [-0.15, -0.1) is 0 Å². The minimum Gasteiger partial charge on any atom is -0.489 e. The Labute approximate surface area is 210 Å². The molecule has 0 fully saturated rings. The maximum atomic E-state index is 12.8. The molecular formula is C31H27NO4. The number of Topliss-reactive ketones (excluding diaryl/α,β-unsaturated/α-hetero) is 1. The highest BCUT2D eigenvalue weighted by Crippen LogP contribution is 2.18. The van der Waals surface area contributed by atoms with Crippen molar-refractivity contribution < 1.29 is 19.4 Å². The summed E-state index contributed by atoms with van der Waals surface area (Å²) in [7, 11) is 0. The predicted octanol–water partition coefficient (Wildman–Crippen LogP) is 6.22. The summed E-state index contributed by atoms with van der Waals surface area (Å²) in [6, 6.07) is 34.7. The molecule has 0 aliphatic carbocycles. The number of carbonyl (C=O) groups excluding carboxylic acids is 1. The van der Waals surface area contributed by atoms with Crippen molar-refractivity contribution in [3.63, 3.8) is 0 Å². The summed E-state index contributed by atoms with van der Waals surface area (Å²) in [5.74, 6) is -0.525. The third kappa shape index (κ3) is 6.76. The molecule has 0 saturated carbocycles. The van der Waals surface area contributed by atoms with Crippen LogP contribution in [0.25, 0.3) is 0 Å². The fourth-order valence-electron chi connectivity index (χ4n) is 3.80. The smallest absolute Gasteiger partial charge is 0.328 e. The lowest BCUT2D eigenvalue weighted by molar-refractivity contribution is -0.138. The topological polar surface area (TPSA) is 76.0 Å². The van der Waals surface area contributed by atoms with E-state index < -0.39 is 12.0 Å². The first-order valence-electron chi connectivity index (χ1n) is 11.8. The Morgan fingerprint density at radius 2 is 1.22 bits per heavy atom. The second-order valence-corrected chi connectivity index (χ2v) is 8.32. The average molecular weight is 478 g/mol. The van der Waals surface area contributed by atoms with Gasteiger partial charge in [0, 0.05) is 23.1 Å². The van der Waals surface area contributed by atoms with Gasteiger partial charge in [-0.25, -0.2) is 4.79 Å². The van der Waals surface area contributed by atoms with Gasteiger partial charge >= 0.3 is 5.97 Å². The van der Waals surface area contributed by atoms with Gasteiger partial charge in [0.15, 0.2) is 5.78 Å². The highest BCUT2D eigenvalue weighted by atomic mass is 16.5. The molecule has 0 aliphatic rings. The number of ether oxygens (including phenoxy) is 1. The van der Waals surface area contributed by atoms with Crippen LogP contribution in [0.5, 0.6) is 5.75 Å². The Balaban J connectivity index is 1.43. The van der Waals surface area contributed by atoms with E-state index in [0.717, 1.165) is 16.7 Å². The van der Waals surface area contributed by atoms with E-state index in [1.807, 2.05) is 91.0 Å². The fourth-order valence-corrected chi connectivity index (χ4v) is 3.80. The van der Waals surface area contributed by atoms with Gasteiger partial charge in [0.2, 0.25) is 0 Å². The molecule has 4 rings (SSSR count). The number of aliphatic carboxylic acids is 1. The largest absolute Gasteiger partial charge is 0.489 e. The van der Waals surface area contributed by atoms with Crippen molar-refractivity contribution in [1.82, 2.24) is 0 Å². The van der Waals surface area contributed by atoms with Crippen molar-refractivity contribution >= 4 is 17.5 Å². The Hall–Kier alpha value is -4.51. The van der Waals surface area contributed by atoms with Gasteiger partial charge < -0.3 is 9.84 Å². The number of carboxylic acids is 1. The number of carboxylic acid groups (broad SMARTS) is 1. The minimum absolute atomic E-state index is 0.0710. The highest BCUT2D eigenvalue weighted by Gasteiger charge is 2.20. The lowest BCUT2D eigenvalue weighted by atomic mass is 10.00. The van der Waals surface area contributed by atoms with Crippen LogP contribution in [0.3, 0.4) is 0 Å². The zero-order valence-corrected chi connectivity index (χ0v) is 19.8. The van der Waals surface area contributed by atoms with E-state index in [4.69, 9.17) is 4.74 Å². The normalized spacial score (nSPS) is 11.3. The van der Waals surface area contributed by atoms with Gasteiger partial charge in [-0.05, 0) is 36.2 Å². The summed E-state index contributed by atoms with van der Waals surface area (Å²) in [6.45, 7) is 0.442. The Bertz CT molecular complexity index is 1260. The molecule has 36 heavy (non-hydrogen) atoms. The molecule has 1 atom stereocenters. The summed E-state index contributed by atoms with van der Waals surface area (Å²) < 4.78 is 5.78. The molecule has 180 valence electrons. The number of hydrogen-bond donors (Lipinski definition) is 1. The van der Waals surface area contributed by atoms with Crippen LogP contribution in [0, 0.1) is 0 Å². The predicted molar refractivity (Wildman–Crippen MR) is 141 cm³/mol. The van der Waals surface area contributed by atoms with Crippen LogP contribution < -0.4 is 4.74 Å². The van der Waals surface area contributed by atoms with E-state index >= 15 is 0 Å². The molecule has 0 radical (unpaired) electrons. The molecular weight excluding hydrogens is 450 g/mol. The molecule has 0 aliphatic heterocycles. The first-order chi connectivity index (χ1) is 17.6. The first kappa shape index (κ1) is 24.6. The van der Waals surface area contributed by atoms with Crippen LogP contribution in [-0.2, 0) is 11.4 Å². The number of carbonyl (C=O) groups is 2. The number of rotatable bonds is 11. The lowest BCUT2D eigenvalue weighted by Crippen LogP contribution is -2.22. The van der Waals surface area contributed by atoms with Crippen LogP contribution in [0.4, 0.5) is 0 Å². The van der Waals surface area contributed by atoms with Crippen LogP contribution in [0.1, 0.15) is 39.9 Å². The van der Waals surface area contributed by atoms with Crippen LogP contribution >= 0.6 is 0 Å². The van der Waals surface area contributed by atoms with E-state index in [0.29, 0.717) is 23.6 Å². The molecule has 5 heteroatoms. The van der Waals surface area contributed by atoms with Crippen molar-refractivity contribution in [2.24, 2.45) is 4.99 Å². The summed E-state index contributed by atoms with van der Waals surface area (Å²) in [4.78, 5) is 29.4. The number of aliphatic imine (C=N–C) groups is 1. The van der Waals surface area contributed by atoms with Gasteiger partial charge in [-0.3, -0.25) is 9.79 Å². The standard InChI is InChI=1S/C31H27NO4/c33-29(24-16-18-27(19-17-24)36-22-23-10-4-1-5-11-23)21-20-28(31(34)35)32-30(25-12-6-2-7-13-25)26-14-8-3-9-15-26/h1-19,28H,20-22H2,(H,34,35)/t28-/m0/s1. The Kier molecular flexibility index (Phi) is 8.39. The van der Waals surface area contributed by atoms with Gasteiger partial charge in [-0.2, -0.15) is 0 Å². The van der Waals surface area contributed by atoms with Gasteiger partial charge in [0.1, 0.15) is 18.4 Å². The van der Waals surface area contributed by atoms with Crippen LogP contribution in [0.2, 0.25) is 0 Å². The minimum atomic E-state index is -1.06. The van der Waals surface area contributed by atoms with Crippen molar-refractivity contribution in [2.75, 3.05) is 0 Å². The first-order valence-corrected chi connectivity index (χ1v) is 11.8. The van der Waals surface area contributed by atoms with Gasteiger partial charge in [0.25, 0.3) is 0 Å². The fraction of sp³-hybridized carbons (Fsp3) is 0.129. The van der Waals surface area contributed by atoms with Crippen molar-refractivity contribution in [2.45, 2.75) is 25.5 Å². The van der Waals surface area contributed by atoms with E-state index in [2.05, 4.69) is 4.99 Å². The van der Waals surface area contributed by atoms with E-state index in [9.17, 15) is 14.7 Å². The van der Waals surface area contributed by atoms with Gasteiger partial charge in [-0.1, -0.05) is 91.0 Å². The summed E-state index contributed by atoms with van der Waals surface area (Å²) in [5, 5.41) is 9.85. The lowest BCUT2D eigenvalue weighted by Gasteiger charge is -2.13. The van der Waals surface area contributed by atoms with Gasteiger partial charge in [0.05, 0.1) is 5.71 Å². The number of ketones is 1. The molecule has 0 bridgehead atoms. The zero-order valence-electron chi connectivity index (χ0n) is 19.8. The maximum Gasteiger partial charge on any atom is 0.328 e. The molecule has 4 aromatic carbocycles. The molecule has 5 nitrogen and oxygen atoms in total. The Morgan fingerprint density at radius 3 is 1.75 bits per heavy atom. The average Bonchev–Trinajstić information content (AvgIpc) is 2.93. The third-order valence-corrected chi connectivity index (χ3v) is 5.73. The molecule has 0 aromatic heterocycles. The SMILES string of the molecule is O=C(CC[C@H](N=C(c1ccccc1)c1ccccc1)C(=O)O)c1ccc(OCc2ccccc2)cc1. The van der Waals surface area contributed by atoms with E-state index in [-0.39, 0.29) is 18.6 Å². The number of benzene rings is 4. The van der Waals surface area contributed by atoms with Crippen LogP contribution in [0.15, 0.2) is 120 Å². The van der Waals surface area contributed by atoms with Crippen molar-refractivity contribution in [3.8, 4) is 5.75 Å². The van der Waals surface area contributed by atoms with Crippen molar-refractivity contribution in [1.29, 1.82) is 0 Å². The second kappa shape index (κ2) is 12.3. The number of nitrogens with zero attached hydrogens (tertiary/aromatic N) is 1. The quantitative estimate of drug-likeness (QED) is 0.206. The third-order valence-electron chi connectivity index (χ3n) is 5.73. The molecule has 0 heterocycles. The van der Waals surface area contributed by atoms with Crippen LogP contribution in [-0.4, -0.2) is 28.6 Å². The summed E-state index contributed by atoms with van der Waals surface area (Å²) in [5.41, 5.74) is 3.82. The van der Waals surface area contributed by atoms with Crippen molar-refractivity contribution in [3.05, 3.63) is 138 Å². The van der Waals surface area contributed by atoms with E-state index in [1.54, 1.807) is 24.3 Å². The molecule has 1 N–H and O–H groups in total.